The summed E-state index contributed by atoms with van der Waals surface area (Å²) in [7, 11) is 0. The van der Waals surface area contributed by atoms with Crippen molar-refractivity contribution in [3.05, 3.63) is 22.8 Å². The van der Waals surface area contributed by atoms with Crippen molar-refractivity contribution < 1.29 is 4.79 Å². The number of aromatic nitrogens is 1. The van der Waals surface area contributed by atoms with Crippen LogP contribution < -0.4 is 5.73 Å². The van der Waals surface area contributed by atoms with Crippen LogP contribution in [-0.2, 0) is 0 Å². The smallest absolute Gasteiger partial charge is 0.153 e. The molecular formula is C6H5ClN2O. The molecule has 0 aliphatic heterocycles. The molecule has 4 heteroatoms. The van der Waals surface area contributed by atoms with E-state index < -0.39 is 0 Å². The van der Waals surface area contributed by atoms with Crippen molar-refractivity contribution in [2.45, 2.75) is 0 Å². The number of nitrogens with zero attached hydrogens (tertiary/aromatic N) is 1. The zero-order valence-electron chi connectivity index (χ0n) is 5.04. The van der Waals surface area contributed by atoms with Gasteiger partial charge in [0.15, 0.2) is 6.29 Å². The van der Waals surface area contributed by atoms with Gasteiger partial charge in [-0.25, -0.2) is 4.98 Å². The van der Waals surface area contributed by atoms with Gasteiger partial charge in [0.05, 0.1) is 5.56 Å². The molecule has 10 heavy (non-hydrogen) atoms. The molecule has 0 radical (unpaired) electrons. The second kappa shape index (κ2) is 2.66. The van der Waals surface area contributed by atoms with E-state index in [1.807, 2.05) is 0 Å². The highest BCUT2D eigenvalue weighted by Gasteiger charge is 1.98. The molecule has 3 nitrogen and oxygen atoms in total. The highest BCUT2D eigenvalue weighted by molar-refractivity contribution is 6.31. The van der Waals surface area contributed by atoms with E-state index in [0.29, 0.717) is 17.7 Å². The predicted octanol–water partition coefficient (Wildman–Crippen LogP) is 1.13. The minimum atomic E-state index is 0.148. The fourth-order valence-electron chi connectivity index (χ4n) is 0.547. The maximum Gasteiger partial charge on any atom is 0.153 e. The number of hydrogen-bond donors (Lipinski definition) is 1. The Morgan fingerprint density at radius 3 is 2.80 bits per heavy atom. The molecule has 0 bridgehead atoms. The molecule has 1 aromatic rings. The van der Waals surface area contributed by atoms with Crippen molar-refractivity contribution in [3.63, 3.8) is 0 Å². The Balaban J connectivity index is 3.19. The summed E-state index contributed by atoms with van der Waals surface area (Å²) in [6.45, 7) is 0. The van der Waals surface area contributed by atoms with Gasteiger partial charge in [0.2, 0.25) is 0 Å². The Kier molecular flexibility index (Phi) is 1.87. The number of nitrogen functional groups attached to an aromatic ring is 1. The van der Waals surface area contributed by atoms with Crippen LogP contribution in [-0.4, -0.2) is 11.3 Å². The highest BCUT2D eigenvalue weighted by atomic mass is 35.5. The van der Waals surface area contributed by atoms with E-state index in [1.165, 1.54) is 12.1 Å². The average Bonchev–Trinajstić information content (AvgIpc) is 1.88. The number of aldehydes is 1. The molecule has 0 aliphatic rings. The van der Waals surface area contributed by atoms with Gasteiger partial charge in [-0.2, -0.15) is 0 Å². The van der Waals surface area contributed by atoms with E-state index in [2.05, 4.69) is 4.98 Å². The quantitative estimate of drug-likeness (QED) is 0.490. The number of carbonyl (C=O) groups is 1. The van der Waals surface area contributed by atoms with Crippen LogP contribution in [0.1, 0.15) is 10.4 Å². The van der Waals surface area contributed by atoms with Gasteiger partial charge in [-0.1, -0.05) is 11.6 Å². The fraction of sp³-hybridized carbons (Fsp3) is 0. The number of hydrogen-bond acceptors (Lipinski definition) is 3. The van der Waals surface area contributed by atoms with E-state index in [9.17, 15) is 4.79 Å². The third kappa shape index (κ3) is 1.25. The molecule has 0 saturated carbocycles. The lowest BCUT2D eigenvalue weighted by Crippen LogP contribution is -1.92. The Morgan fingerprint density at radius 1 is 1.60 bits per heavy atom. The van der Waals surface area contributed by atoms with Crippen LogP contribution in [0.3, 0.4) is 0 Å². The summed E-state index contributed by atoms with van der Waals surface area (Å²) in [6, 6.07) is 3.05. The Bertz CT molecular complexity index is 262. The van der Waals surface area contributed by atoms with Crippen LogP contribution in [0.4, 0.5) is 5.82 Å². The monoisotopic (exact) mass is 156 g/mol. The summed E-state index contributed by atoms with van der Waals surface area (Å²) < 4.78 is 0. The van der Waals surface area contributed by atoms with Crippen LogP contribution in [0.15, 0.2) is 12.1 Å². The van der Waals surface area contributed by atoms with E-state index >= 15 is 0 Å². The molecule has 52 valence electrons. The maximum atomic E-state index is 10.2. The van der Waals surface area contributed by atoms with Gasteiger partial charge in [0.1, 0.15) is 11.0 Å². The second-order valence-electron chi connectivity index (χ2n) is 1.73. The first-order valence-corrected chi connectivity index (χ1v) is 2.99. The summed E-state index contributed by atoms with van der Waals surface area (Å²) in [6.07, 6.45) is 0.634. The summed E-state index contributed by atoms with van der Waals surface area (Å²) in [5.41, 5.74) is 5.63. The molecule has 0 aliphatic carbocycles. The summed E-state index contributed by atoms with van der Waals surface area (Å²) in [5.74, 6) is 0.315. The zero-order valence-corrected chi connectivity index (χ0v) is 5.80. The number of nitrogens with two attached hydrogens (primary N) is 1. The minimum absolute atomic E-state index is 0.148. The van der Waals surface area contributed by atoms with Crippen molar-refractivity contribution >= 4 is 23.7 Å². The summed E-state index contributed by atoms with van der Waals surface area (Å²) >= 11 is 5.51. The Labute approximate surface area is 62.8 Å². The number of pyridine rings is 1. The Morgan fingerprint density at radius 2 is 2.30 bits per heavy atom. The van der Waals surface area contributed by atoms with Crippen molar-refractivity contribution in [1.29, 1.82) is 0 Å². The van der Waals surface area contributed by atoms with Gasteiger partial charge < -0.3 is 5.73 Å². The third-order valence-corrected chi connectivity index (χ3v) is 1.33. The maximum absolute atomic E-state index is 10.2. The first-order valence-electron chi connectivity index (χ1n) is 2.61. The van der Waals surface area contributed by atoms with Crippen molar-refractivity contribution in [2.75, 3.05) is 5.73 Å². The lowest BCUT2D eigenvalue weighted by atomic mass is 10.3. The lowest BCUT2D eigenvalue weighted by molar-refractivity contribution is 0.112. The third-order valence-electron chi connectivity index (χ3n) is 1.03. The van der Waals surface area contributed by atoms with E-state index in [4.69, 9.17) is 17.3 Å². The van der Waals surface area contributed by atoms with E-state index in [1.54, 1.807) is 0 Å². The molecule has 1 rings (SSSR count). The number of carbonyl (C=O) groups excluding carboxylic acids is 1. The van der Waals surface area contributed by atoms with Gasteiger partial charge in [-0.15, -0.1) is 0 Å². The molecule has 0 unspecified atom stereocenters. The molecule has 0 fully saturated rings. The minimum Gasteiger partial charge on any atom is -0.384 e. The number of rotatable bonds is 1. The first-order chi connectivity index (χ1) is 4.74. The largest absolute Gasteiger partial charge is 0.384 e. The molecule has 0 amide bonds. The molecular weight excluding hydrogens is 152 g/mol. The van der Waals surface area contributed by atoms with Gasteiger partial charge in [-0.05, 0) is 12.1 Å². The molecule has 2 N–H and O–H groups in total. The highest BCUT2D eigenvalue weighted by Crippen LogP contribution is 2.11. The van der Waals surface area contributed by atoms with Crippen LogP contribution in [0, 0.1) is 0 Å². The SMILES string of the molecule is Nc1ccc(C=O)c(Cl)n1. The summed E-state index contributed by atoms with van der Waals surface area (Å²) in [4.78, 5) is 13.8. The molecule has 1 heterocycles. The standard InChI is InChI=1S/C6H5ClN2O/c7-6-4(3-10)1-2-5(8)9-6/h1-3H,(H2,8,9). The van der Waals surface area contributed by atoms with Crippen LogP contribution in [0.25, 0.3) is 0 Å². The van der Waals surface area contributed by atoms with Gasteiger partial charge >= 0.3 is 0 Å². The van der Waals surface area contributed by atoms with Gasteiger partial charge in [0.25, 0.3) is 0 Å². The Hall–Kier alpha value is -1.09. The van der Waals surface area contributed by atoms with Gasteiger partial charge in [-0.3, -0.25) is 4.79 Å². The lowest BCUT2D eigenvalue weighted by Gasteiger charge is -1.94. The van der Waals surface area contributed by atoms with Crippen LogP contribution in [0.5, 0.6) is 0 Å². The van der Waals surface area contributed by atoms with Crippen molar-refractivity contribution in [3.8, 4) is 0 Å². The van der Waals surface area contributed by atoms with Gasteiger partial charge in [0, 0.05) is 0 Å². The van der Waals surface area contributed by atoms with E-state index in [-0.39, 0.29) is 5.15 Å². The molecule has 0 spiro atoms. The molecule has 0 saturated heterocycles. The van der Waals surface area contributed by atoms with Crippen LogP contribution >= 0.6 is 11.6 Å². The van der Waals surface area contributed by atoms with Crippen molar-refractivity contribution in [2.24, 2.45) is 0 Å². The molecule has 0 aromatic carbocycles. The normalized spacial score (nSPS) is 9.30. The number of anilines is 1. The van der Waals surface area contributed by atoms with Crippen LogP contribution in [0.2, 0.25) is 5.15 Å². The first kappa shape index (κ1) is 7.02. The zero-order chi connectivity index (χ0) is 7.56. The molecule has 0 atom stereocenters. The fourth-order valence-corrected chi connectivity index (χ4v) is 0.752. The number of halogens is 1. The average molecular weight is 157 g/mol. The van der Waals surface area contributed by atoms with E-state index in [0.717, 1.165) is 0 Å². The second-order valence-corrected chi connectivity index (χ2v) is 2.09. The summed E-state index contributed by atoms with van der Waals surface area (Å²) in [5, 5.41) is 0.148. The predicted molar refractivity (Wildman–Crippen MR) is 39.0 cm³/mol. The molecule has 1 aromatic heterocycles. The van der Waals surface area contributed by atoms with Crippen molar-refractivity contribution in [1.82, 2.24) is 4.98 Å². The topological polar surface area (TPSA) is 56.0 Å².